The first-order valence-electron chi connectivity index (χ1n) is 7.10. The van der Waals surface area contributed by atoms with E-state index >= 15 is 0 Å². The van der Waals surface area contributed by atoms with E-state index in [0.29, 0.717) is 0 Å². The fourth-order valence-electron chi connectivity index (χ4n) is 1.57. The molecule has 0 fully saturated rings. The molecule has 1 heterocycles. The summed E-state index contributed by atoms with van der Waals surface area (Å²) in [5, 5.41) is 4.04. The minimum atomic E-state index is -1.83. The smallest absolute Gasteiger partial charge is 0.192 e. The van der Waals surface area contributed by atoms with Crippen molar-refractivity contribution in [2.75, 3.05) is 4.43 Å². The molecule has 0 radical (unpaired) electrons. The summed E-state index contributed by atoms with van der Waals surface area (Å²) in [5.41, 5.74) is 0.930. The van der Waals surface area contributed by atoms with Gasteiger partial charge in [-0.2, -0.15) is 0 Å². The summed E-state index contributed by atoms with van der Waals surface area (Å²) in [7, 11) is -1.83. The Kier molecular flexibility index (Phi) is 7.38. The topological polar surface area (TPSA) is 22.1 Å². The second-order valence-electron chi connectivity index (χ2n) is 6.67. The van der Waals surface area contributed by atoms with Crippen LogP contribution in [0.1, 0.15) is 37.9 Å². The molecule has 0 bridgehead atoms. The predicted octanol–water partition coefficient (Wildman–Crippen LogP) is 6.25. The van der Waals surface area contributed by atoms with E-state index in [9.17, 15) is 0 Å². The molecule has 6 heteroatoms. The lowest BCUT2D eigenvalue weighted by Gasteiger charge is -2.39. The van der Waals surface area contributed by atoms with E-state index in [1.807, 2.05) is 18.4 Å². The number of alkyl halides is 1. The fraction of sp³-hybridized carbons (Fsp3) is 0.667. The van der Waals surface area contributed by atoms with E-state index in [1.165, 1.54) is 0 Å². The lowest BCUT2D eigenvalue weighted by atomic mass is 10.2. The monoisotopic (exact) mass is 457 g/mol. The Morgan fingerprint density at radius 1 is 1.52 bits per heavy atom. The maximum atomic E-state index is 6.55. The van der Waals surface area contributed by atoms with Crippen LogP contribution in [0, 0.1) is 6.92 Å². The highest BCUT2D eigenvalue weighted by atomic mass is 127. The van der Waals surface area contributed by atoms with Gasteiger partial charge in [-0.05, 0) is 37.6 Å². The van der Waals surface area contributed by atoms with Crippen LogP contribution >= 0.6 is 45.5 Å². The van der Waals surface area contributed by atoms with Crippen molar-refractivity contribution in [2.24, 2.45) is 0 Å². The third-order valence-electron chi connectivity index (χ3n) is 3.84. The number of hydrogen-bond acceptors (Lipinski definition) is 3. The van der Waals surface area contributed by atoms with E-state index in [2.05, 4.69) is 61.4 Å². The van der Waals surface area contributed by atoms with Gasteiger partial charge in [0, 0.05) is 14.8 Å². The first-order valence-corrected chi connectivity index (χ1v) is 12.8. The predicted molar refractivity (Wildman–Crippen MR) is 106 cm³/mol. The highest BCUT2D eigenvalue weighted by Gasteiger charge is 2.39. The lowest BCUT2D eigenvalue weighted by molar-refractivity contribution is 0.219. The number of rotatable bonds is 6. The van der Waals surface area contributed by atoms with Gasteiger partial charge in [0.2, 0.25) is 0 Å². The number of aryl methyl sites for hydroxylation is 1. The summed E-state index contributed by atoms with van der Waals surface area (Å²) >= 11 is 10.6. The molecule has 0 aliphatic carbocycles. The maximum absolute atomic E-state index is 6.55. The van der Waals surface area contributed by atoms with Crippen LogP contribution in [0.25, 0.3) is 6.08 Å². The van der Waals surface area contributed by atoms with Crippen molar-refractivity contribution in [1.29, 1.82) is 0 Å². The summed E-state index contributed by atoms with van der Waals surface area (Å²) in [6.07, 6.45) is 2.87. The van der Waals surface area contributed by atoms with Crippen LogP contribution in [0.4, 0.5) is 0 Å². The number of hydrogen-bond donors (Lipinski definition) is 0. The number of nitrogens with zero attached hydrogens (tertiary/aromatic N) is 1. The van der Waals surface area contributed by atoms with Crippen molar-refractivity contribution in [2.45, 2.75) is 58.4 Å². The van der Waals surface area contributed by atoms with Crippen molar-refractivity contribution in [3.63, 3.8) is 0 Å². The molecule has 0 unspecified atom stereocenters. The molecule has 120 valence electrons. The lowest BCUT2D eigenvalue weighted by Crippen LogP contribution is -2.44. The molecule has 1 aromatic heterocycles. The molecule has 0 amide bonds. The largest absolute Gasteiger partial charge is 0.409 e. The van der Waals surface area contributed by atoms with Gasteiger partial charge >= 0.3 is 0 Å². The third-order valence-corrected chi connectivity index (χ3v) is 10.1. The first-order chi connectivity index (χ1) is 9.56. The zero-order valence-electron chi connectivity index (χ0n) is 13.7. The maximum Gasteiger partial charge on any atom is 0.192 e. The Hall–Kier alpha value is 0.567. The number of halogens is 2. The molecule has 0 N–H and O–H groups in total. The summed E-state index contributed by atoms with van der Waals surface area (Å²) in [4.78, 5) is 4.45. The summed E-state index contributed by atoms with van der Waals surface area (Å²) in [6.45, 7) is 13.3. The van der Waals surface area contributed by atoms with Gasteiger partial charge in [0.25, 0.3) is 0 Å². The van der Waals surface area contributed by atoms with E-state index in [1.54, 1.807) is 11.3 Å². The zero-order valence-corrected chi connectivity index (χ0v) is 18.4. The zero-order chi connectivity index (χ0) is 16.3. The van der Waals surface area contributed by atoms with E-state index < -0.39 is 8.32 Å². The Morgan fingerprint density at radius 3 is 2.57 bits per heavy atom. The van der Waals surface area contributed by atoms with Crippen molar-refractivity contribution in [3.8, 4) is 0 Å². The highest BCUT2D eigenvalue weighted by molar-refractivity contribution is 14.1. The van der Waals surface area contributed by atoms with Crippen LogP contribution in [0.5, 0.6) is 0 Å². The minimum Gasteiger partial charge on any atom is -0.409 e. The van der Waals surface area contributed by atoms with Crippen LogP contribution < -0.4 is 0 Å². The molecule has 0 aliphatic rings. The van der Waals surface area contributed by atoms with Crippen LogP contribution in [0.3, 0.4) is 0 Å². The molecular formula is C15H25ClINOSSi. The highest BCUT2D eigenvalue weighted by Crippen LogP contribution is 2.39. The van der Waals surface area contributed by atoms with Crippen molar-refractivity contribution in [1.82, 2.24) is 4.98 Å². The Labute approximate surface area is 152 Å². The second-order valence-corrected chi connectivity index (χ2v) is 14.0. The van der Waals surface area contributed by atoms with Gasteiger partial charge in [0.15, 0.2) is 8.32 Å². The van der Waals surface area contributed by atoms with Crippen LogP contribution in [0.2, 0.25) is 18.1 Å². The van der Waals surface area contributed by atoms with Crippen molar-refractivity contribution >= 4 is 59.9 Å². The summed E-state index contributed by atoms with van der Waals surface area (Å²) in [5.74, 6) is 0. The van der Waals surface area contributed by atoms with Gasteiger partial charge in [-0.3, -0.25) is 0 Å². The second kappa shape index (κ2) is 7.90. The quantitative estimate of drug-likeness (QED) is 0.286. The minimum absolute atomic E-state index is 0.0218. The third kappa shape index (κ3) is 5.93. The molecule has 0 spiro atoms. The molecular weight excluding hydrogens is 433 g/mol. The Balaban J connectivity index is 2.93. The molecule has 1 atom stereocenters. The van der Waals surface area contributed by atoms with E-state index in [-0.39, 0.29) is 11.1 Å². The Bertz CT molecular complexity index is 496. The van der Waals surface area contributed by atoms with Gasteiger partial charge in [0.1, 0.15) is 0 Å². The van der Waals surface area contributed by atoms with Crippen LogP contribution in [0.15, 0.2) is 10.4 Å². The van der Waals surface area contributed by atoms with Gasteiger partial charge in [-0.1, -0.05) is 55.0 Å². The molecule has 1 aromatic rings. The molecule has 2 nitrogen and oxygen atoms in total. The molecule has 0 aliphatic heterocycles. The van der Waals surface area contributed by atoms with Gasteiger partial charge in [-0.15, -0.1) is 11.3 Å². The van der Waals surface area contributed by atoms with E-state index in [0.717, 1.165) is 26.6 Å². The van der Waals surface area contributed by atoms with Crippen LogP contribution in [-0.2, 0) is 4.43 Å². The molecule has 21 heavy (non-hydrogen) atoms. The average molecular weight is 458 g/mol. The molecule has 0 saturated carbocycles. The summed E-state index contributed by atoms with van der Waals surface area (Å²) in [6, 6.07) is 0. The van der Waals surface area contributed by atoms with Crippen molar-refractivity contribution < 1.29 is 4.43 Å². The van der Waals surface area contributed by atoms with E-state index in [4.69, 9.17) is 16.0 Å². The molecule has 0 aromatic carbocycles. The normalized spacial score (nSPS) is 15.3. The first kappa shape index (κ1) is 19.6. The van der Waals surface area contributed by atoms with Gasteiger partial charge in [-0.25, -0.2) is 4.98 Å². The fourth-order valence-corrected chi connectivity index (χ4v) is 4.35. The van der Waals surface area contributed by atoms with Gasteiger partial charge < -0.3 is 4.43 Å². The van der Waals surface area contributed by atoms with Crippen LogP contribution in [-0.4, -0.2) is 23.8 Å². The average Bonchev–Trinajstić information content (AvgIpc) is 2.72. The SMILES string of the molecule is Cc1nc(/C=C(/Cl)[C@H](CCI)O[Si](C)(C)C(C)(C)C)cs1. The number of aromatic nitrogens is 1. The molecule has 0 saturated heterocycles. The molecule has 1 rings (SSSR count). The summed E-state index contributed by atoms with van der Waals surface area (Å²) < 4.78 is 7.52. The van der Waals surface area contributed by atoms with Gasteiger partial charge in [0.05, 0.1) is 16.8 Å². The van der Waals surface area contributed by atoms with Crippen molar-refractivity contribution in [3.05, 3.63) is 21.1 Å². The standard InChI is InChI=1S/C15H25ClINOSSi/c1-11-18-12(10-20-11)9-13(16)14(7-8-17)19-21(5,6)15(2,3)4/h9-10,14H,7-8H2,1-6H3/b13-9+/t14-/m0/s1. The number of thiazole rings is 1. The Morgan fingerprint density at radius 2 is 2.14 bits per heavy atom.